The molecule has 1 aromatic rings. The first-order valence-corrected chi connectivity index (χ1v) is 7.68. The number of nitrogens with one attached hydrogen (secondary N) is 2. The molecule has 0 fully saturated rings. The minimum absolute atomic E-state index is 0.152. The lowest BCUT2D eigenvalue weighted by Crippen LogP contribution is -2.31. The Morgan fingerprint density at radius 2 is 2.00 bits per heavy atom. The monoisotopic (exact) mass is 351 g/mol. The van der Waals surface area contributed by atoms with Gasteiger partial charge in [0.15, 0.2) is 0 Å². The molecule has 0 saturated heterocycles. The van der Waals surface area contributed by atoms with E-state index in [2.05, 4.69) is 32.8 Å². The Hall–Kier alpha value is -1.69. The van der Waals surface area contributed by atoms with Gasteiger partial charge in [-0.15, -0.1) is 0 Å². The number of hydrogen-bond acceptors (Lipinski definition) is 3. The van der Waals surface area contributed by atoms with Crippen LogP contribution in [-0.2, 0) is 0 Å². The molecule has 0 aliphatic heterocycles. The third-order valence-electron chi connectivity index (χ3n) is 3.61. The number of nitrogens with zero attached hydrogens (tertiary/aromatic N) is 1. The van der Waals surface area contributed by atoms with Gasteiger partial charge in [0.25, 0.3) is 5.56 Å². The normalized spacial score (nSPS) is 20.0. The summed E-state index contributed by atoms with van der Waals surface area (Å²) >= 11 is 3.55. The number of fused-ring (bicyclic) bond motifs is 1. The Labute approximate surface area is 131 Å². The van der Waals surface area contributed by atoms with Crippen molar-refractivity contribution in [1.29, 1.82) is 0 Å². The second-order valence-corrected chi connectivity index (χ2v) is 5.83. The van der Waals surface area contributed by atoms with E-state index in [-0.39, 0.29) is 6.04 Å². The van der Waals surface area contributed by atoms with E-state index in [1.807, 2.05) is 26.8 Å². The largest absolute Gasteiger partial charge is 0.326 e. The fourth-order valence-corrected chi connectivity index (χ4v) is 2.78. The molecule has 112 valence electrons. The number of rotatable bonds is 2. The molecule has 1 aliphatic rings. The quantitative estimate of drug-likeness (QED) is 0.859. The highest BCUT2D eigenvalue weighted by Crippen LogP contribution is 2.36. The predicted molar refractivity (Wildman–Crippen MR) is 90.0 cm³/mol. The Kier molecular flexibility index (Phi) is 4.46. The minimum atomic E-state index is -0.504. The molecule has 21 heavy (non-hydrogen) atoms. The number of H-pyrrole nitrogens is 2. The van der Waals surface area contributed by atoms with Gasteiger partial charge in [0.05, 0.1) is 17.0 Å². The van der Waals surface area contributed by atoms with E-state index in [0.29, 0.717) is 11.3 Å². The van der Waals surface area contributed by atoms with Crippen molar-refractivity contribution in [2.24, 2.45) is 4.99 Å². The van der Waals surface area contributed by atoms with E-state index in [9.17, 15) is 9.59 Å². The van der Waals surface area contributed by atoms with Crippen LogP contribution in [0.1, 0.15) is 45.4 Å². The van der Waals surface area contributed by atoms with Crippen LogP contribution in [0.25, 0.3) is 11.1 Å². The van der Waals surface area contributed by atoms with E-state index >= 15 is 0 Å². The smallest absolute Gasteiger partial charge is 0.307 e. The zero-order valence-corrected chi connectivity index (χ0v) is 14.1. The number of aromatic nitrogens is 2. The Morgan fingerprint density at radius 1 is 1.33 bits per heavy atom. The van der Waals surface area contributed by atoms with Crippen molar-refractivity contribution < 1.29 is 0 Å². The first-order chi connectivity index (χ1) is 9.90. The maximum absolute atomic E-state index is 12.2. The summed E-state index contributed by atoms with van der Waals surface area (Å²) in [5.41, 5.74) is 2.43. The van der Waals surface area contributed by atoms with Gasteiger partial charge in [-0.05, 0) is 48.7 Å². The molecular weight excluding hydrogens is 334 g/mol. The van der Waals surface area contributed by atoms with E-state index in [1.54, 1.807) is 0 Å². The fraction of sp³-hybridized carbons (Fsp3) is 0.400. The van der Waals surface area contributed by atoms with Gasteiger partial charge in [0.2, 0.25) is 0 Å². The first kappa shape index (κ1) is 15.7. The van der Waals surface area contributed by atoms with Crippen LogP contribution in [0.4, 0.5) is 0 Å². The van der Waals surface area contributed by atoms with Gasteiger partial charge in [-0.3, -0.25) is 14.8 Å². The molecule has 0 aromatic carbocycles. The summed E-state index contributed by atoms with van der Waals surface area (Å²) in [7, 11) is 0. The van der Waals surface area contributed by atoms with Crippen molar-refractivity contribution in [3.05, 3.63) is 42.7 Å². The van der Waals surface area contributed by atoms with E-state index < -0.39 is 11.2 Å². The van der Waals surface area contributed by atoms with Crippen molar-refractivity contribution in [1.82, 2.24) is 9.97 Å². The molecule has 0 saturated carbocycles. The molecule has 2 rings (SSSR count). The standard InChI is InChI=1S/C15H18BrN3O2/c1-5-7(3)17-13-9(6-2)10-12(8(4)11(13)16)18-15(21)19-14(10)20/h6-7H,5H2,1-4H3,(H2,18,19,20,21)/b9-6-,17-13?. The maximum Gasteiger partial charge on any atom is 0.326 e. The van der Waals surface area contributed by atoms with Crippen LogP contribution in [0.3, 0.4) is 0 Å². The molecule has 0 spiro atoms. The molecule has 6 heteroatoms. The highest BCUT2D eigenvalue weighted by atomic mass is 79.9. The molecule has 2 N–H and O–H groups in total. The summed E-state index contributed by atoms with van der Waals surface area (Å²) in [4.78, 5) is 33.4. The molecule has 1 aliphatic carbocycles. The number of hydrogen-bond donors (Lipinski definition) is 2. The van der Waals surface area contributed by atoms with Crippen LogP contribution in [0, 0.1) is 0 Å². The fourth-order valence-electron chi connectivity index (χ4n) is 2.27. The zero-order valence-electron chi connectivity index (χ0n) is 12.5. The number of aliphatic imine (C=N–C) groups is 1. The van der Waals surface area contributed by atoms with E-state index in [0.717, 1.165) is 27.8 Å². The lowest BCUT2D eigenvalue weighted by Gasteiger charge is -2.22. The van der Waals surface area contributed by atoms with Crippen molar-refractivity contribution >= 4 is 32.8 Å². The molecule has 1 heterocycles. The number of aromatic amines is 2. The first-order valence-electron chi connectivity index (χ1n) is 6.89. The molecular formula is C15H18BrN3O2. The van der Waals surface area contributed by atoms with Crippen LogP contribution < -0.4 is 11.2 Å². The number of halogens is 1. The summed E-state index contributed by atoms with van der Waals surface area (Å²) < 4.78 is 0.810. The summed E-state index contributed by atoms with van der Waals surface area (Å²) in [5, 5.41) is 0. The molecule has 5 nitrogen and oxygen atoms in total. The van der Waals surface area contributed by atoms with Crippen LogP contribution in [-0.4, -0.2) is 21.7 Å². The summed E-state index contributed by atoms with van der Waals surface area (Å²) in [6.45, 7) is 7.81. The molecule has 1 atom stereocenters. The van der Waals surface area contributed by atoms with Crippen LogP contribution in [0.15, 0.2) is 25.1 Å². The van der Waals surface area contributed by atoms with Gasteiger partial charge < -0.3 is 4.98 Å². The Balaban J connectivity index is 2.84. The van der Waals surface area contributed by atoms with Crippen molar-refractivity contribution in [2.45, 2.75) is 40.2 Å². The molecule has 1 aromatic heterocycles. The van der Waals surface area contributed by atoms with Gasteiger partial charge in [0, 0.05) is 16.1 Å². The van der Waals surface area contributed by atoms with Gasteiger partial charge >= 0.3 is 5.69 Å². The maximum atomic E-state index is 12.2. The van der Waals surface area contributed by atoms with Gasteiger partial charge in [0.1, 0.15) is 0 Å². The average Bonchev–Trinajstić information content (AvgIpc) is 2.45. The van der Waals surface area contributed by atoms with Crippen molar-refractivity contribution in [3.8, 4) is 0 Å². The minimum Gasteiger partial charge on any atom is -0.307 e. The summed E-state index contributed by atoms with van der Waals surface area (Å²) in [6, 6.07) is 0.152. The molecule has 0 radical (unpaired) electrons. The SMILES string of the molecule is C/C=C1\C(=NC(C)CC)C(Br)=C(C)c2[nH]c(=O)[nH]c(=O)c21. The van der Waals surface area contributed by atoms with E-state index in [1.165, 1.54) is 0 Å². The van der Waals surface area contributed by atoms with Crippen molar-refractivity contribution in [2.75, 3.05) is 0 Å². The molecule has 1 unspecified atom stereocenters. The van der Waals surface area contributed by atoms with Crippen molar-refractivity contribution in [3.63, 3.8) is 0 Å². The Morgan fingerprint density at radius 3 is 2.57 bits per heavy atom. The van der Waals surface area contributed by atoms with Crippen LogP contribution in [0.5, 0.6) is 0 Å². The third kappa shape index (κ3) is 2.72. The van der Waals surface area contributed by atoms with E-state index in [4.69, 9.17) is 4.99 Å². The molecule has 0 bridgehead atoms. The zero-order chi connectivity index (χ0) is 15.7. The Bertz CT molecular complexity index is 781. The second-order valence-electron chi connectivity index (χ2n) is 5.03. The van der Waals surface area contributed by atoms with Gasteiger partial charge in [-0.25, -0.2) is 4.79 Å². The van der Waals surface area contributed by atoms with Crippen LogP contribution in [0.2, 0.25) is 0 Å². The lowest BCUT2D eigenvalue weighted by molar-refractivity contribution is 0.718. The summed E-state index contributed by atoms with van der Waals surface area (Å²) in [5.74, 6) is 0. The third-order valence-corrected chi connectivity index (χ3v) is 4.58. The number of allylic oxidation sites excluding steroid dienone is 4. The highest BCUT2D eigenvalue weighted by Gasteiger charge is 2.28. The van der Waals surface area contributed by atoms with Gasteiger partial charge in [-0.1, -0.05) is 13.0 Å². The summed E-state index contributed by atoms with van der Waals surface area (Å²) in [6.07, 6.45) is 2.76. The lowest BCUT2D eigenvalue weighted by atomic mass is 9.90. The van der Waals surface area contributed by atoms with Gasteiger partial charge in [-0.2, -0.15) is 0 Å². The molecule has 0 amide bonds. The van der Waals surface area contributed by atoms with Crippen LogP contribution >= 0.6 is 15.9 Å². The average molecular weight is 352 g/mol. The highest BCUT2D eigenvalue weighted by molar-refractivity contribution is 9.12. The second kappa shape index (κ2) is 5.97. The predicted octanol–water partition coefficient (Wildman–Crippen LogP) is 2.85. The topological polar surface area (TPSA) is 78.1 Å².